The van der Waals surface area contributed by atoms with Crippen LogP contribution < -0.4 is 10.2 Å². The molecule has 0 bridgehead atoms. The Hall–Kier alpha value is -1.75. The number of benzene rings is 1. The van der Waals surface area contributed by atoms with Crippen LogP contribution in [0.4, 0.5) is 16.2 Å². The van der Waals surface area contributed by atoms with Gasteiger partial charge in [0.25, 0.3) is 0 Å². The van der Waals surface area contributed by atoms with E-state index in [0.29, 0.717) is 25.7 Å². The van der Waals surface area contributed by atoms with Crippen molar-refractivity contribution in [2.75, 3.05) is 44.1 Å². The highest BCUT2D eigenvalue weighted by molar-refractivity contribution is 5.89. The molecular weight excluding hydrogens is 278 g/mol. The number of urea groups is 1. The first-order chi connectivity index (χ1) is 10.5. The molecule has 122 valence electrons. The first kappa shape index (κ1) is 16.6. The fourth-order valence-electron chi connectivity index (χ4n) is 2.70. The predicted molar refractivity (Wildman–Crippen MR) is 90.6 cm³/mol. The van der Waals surface area contributed by atoms with Crippen molar-refractivity contribution in [2.24, 2.45) is 5.92 Å². The molecule has 1 fully saturated rings. The van der Waals surface area contributed by atoms with Crippen LogP contribution >= 0.6 is 0 Å². The SMILES string of the molecule is CC(C)CC1COCCN1C(=O)Nc1ccc(N(C)C)cc1. The molecule has 1 aromatic rings. The lowest BCUT2D eigenvalue weighted by Crippen LogP contribution is -2.50. The number of ether oxygens (including phenoxy) is 1. The number of hydrogen-bond acceptors (Lipinski definition) is 3. The van der Waals surface area contributed by atoms with E-state index in [4.69, 9.17) is 4.74 Å². The number of hydrogen-bond donors (Lipinski definition) is 1. The third-order valence-corrected chi connectivity index (χ3v) is 3.87. The van der Waals surface area contributed by atoms with Gasteiger partial charge in [0.1, 0.15) is 0 Å². The zero-order valence-electron chi connectivity index (χ0n) is 14.0. The fourth-order valence-corrected chi connectivity index (χ4v) is 2.70. The average Bonchev–Trinajstić information content (AvgIpc) is 2.47. The summed E-state index contributed by atoms with van der Waals surface area (Å²) >= 11 is 0. The molecule has 2 amide bonds. The van der Waals surface area contributed by atoms with Gasteiger partial charge < -0.3 is 19.9 Å². The first-order valence-corrected chi connectivity index (χ1v) is 7.90. The third-order valence-electron chi connectivity index (χ3n) is 3.87. The van der Waals surface area contributed by atoms with Crippen LogP contribution in [-0.4, -0.2) is 50.8 Å². The highest BCUT2D eigenvalue weighted by atomic mass is 16.5. The monoisotopic (exact) mass is 305 g/mol. The van der Waals surface area contributed by atoms with Crippen molar-refractivity contribution in [3.8, 4) is 0 Å². The molecule has 1 aliphatic rings. The second kappa shape index (κ2) is 7.49. The highest BCUT2D eigenvalue weighted by Crippen LogP contribution is 2.19. The maximum absolute atomic E-state index is 12.5. The van der Waals surface area contributed by atoms with E-state index in [1.54, 1.807) is 0 Å². The van der Waals surface area contributed by atoms with Gasteiger partial charge in [-0.2, -0.15) is 0 Å². The molecule has 1 aromatic carbocycles. The summed E-state index contributed by atoms with van der Waals surface area (Å²) in [6, 6.07) is 8.00. The lowest BCUT2D eigenvalue weighted by atomic mass is 10.0. The normalized spacial score (nSPS) is 18.4. The van der Waals surface area contributed by atoms with Crippen LogP contribution in [0.5, 0.6) is 0 Å². The van der Waals surface area contributed by atoms with Gasteiger partial charge in [0.15, 0.2) is 0 Å². The van der Waals surface area contributed by atoms with Crippen LogP contribution in [0.25, 0.3) is 0 Å². The second-order valence-electron chi connectivity index (χ2n) is 6.42. The molecule has 0 spiro atoms. The van der Waals surface area contributed by atoms with Crippen molar-refractivity contribution in [1.29, 1.82) is 0 Å². The van der Waals surface area contributed by atoms with E-state index < -0.39 is 0 Å². The van der Waals surface area contributed by atoms with E-state index in [1.807, 2.05) is 48.2 Å². The largest absolute Gasteiger partial charge is 0.378 e. The molecule has 0 radical (unpaired) electrons. The molecule has 1 saturated heterocycles. The molecule has 1 heterocycles. The molecule has 0 aliphatic carbocycles. The van der Waals surface area contributed by atoms with Gasteiger partial charge in [0.05, 0.1) is 19.3 Å². The van der Waals surface area contributed by atoms with Gasteiger partial charge in [-0.3, -0.25) is 0 Å². The summed E-state index contributed by atoms with van der Waals surface area (Å²) in [5.74, 6) is 0.543. The zero-order valence-corrected chi connectivity index (χ0v) is 14.0. The lowest BCUT2D eigenvalue weighted by molar-refractivity contribution is 0.00857. The summed E-state index contributed by atoms with van der Waals surface area (Å²) in [6.07, 6.45) is 0.965. The van der Waals surface area contributed by atoms with Gasteiger partial charge in [0.2, 0.25) is 0 Å². The number of rotatable bonds is 4. The molecule has 1 unspecified atom stereocenters. The Kier molecular flexibility index (Phi) is 5.66. The third kappa shape index (κ3) is 4.37. The summed E-state index contributed by atoms with van der Waals surface area (Å²) in [6.45, 7) is 6.24. The molecule has 1 aliphatic heterocycles. The van der Waals surface area contributed by atoms with Crippen molar-refractivity contribution < 1.29 is 9.53 Å². The van der Waals surface area contributed by atoms with Gasteiger partial charge in [-0.25, -0.2) is 4.79 Å². The number of anilines is 2. The molecule has 5 heteroatoms. The van der Waals surface area contributed by atoms with Crippen LogP contribution in [0, 0.1) is 5.92 Å². The van der Waals surface area contributed by atoms with E-state index in [0.717, 1.165) is 17.8 Å². The van der Waals surface area contributed by atoms with Crippen LogP contribution in [0.3, 0.4) is 0 Å². The van der Waals surface area contributed by atoms with Crippen LogP contribution in [0.15, 0.2) is 24.3 Å². The summed E-state index contributed by atoms with van der Waals surface area (Å²) in [5.41, 5.74) is 1.94. The van der Waals surface area contributed by atoms with Crippen LogP contribution in [0.2, 0.25) is 0 Å². The topological polar surface area (TPSA) is 44.8 Å². The fraction of sp³-hybridized carbons (Fsp3) is 0.588. The molecule has 0 aromatic heterocycles. The van der Waals surface area contributed by atoms with Gasteiger partial charge in [-0.15, -0.1) is 0 Å². The van der Waals surface area contributed by atoms with E-state index >= 15 is 0 Å². The van der Waals surface area contributed by atoms with Crippen molar-refractivity contribution >= 4 is 17.4 Å². The molecule has 0 saturated carbocycles. The predicted octanol–water partition coefficient (Wildman–Crippen LogP) is 3.03. The number of amides is 2. The molecule has 2 rings (SSSR count). The Morgan fingerprint density at radius 2 is 2.05 bits per heavy atom. The Morgan fingerprint density at radius 1 is 1.36 bits per heavy atom. The van der Waals surface area contributed by atoms with Crippen LogP contribution in [-0.2, 0) is 4.74 Å². The molecule has 1 atom stereocenters. The van der Waals surface area contributed by atoms with E-state index in [2.05, 4.69) is 19.2 Å². The van der Waals surface area contributed by atoms with Crippen molar-refractivity contribution in [1.82, 2.24) is 4.90 Å². The summed E-state index contributed by atoms with van der Waals surface area (Å²) in [4.78, 5) is 16.5. The van der Waals surface area contributed by atoms with Gasteiger partial charge in [0, 0.05) is 32.0 Å². The number of nitrogens with zero attached hydrogens (tertiary/aromatic N) is 2. The molecular formula is C17H27N3O2. The van der Waals surface area contributed by atoms with Crippen molar-refractivity contribution in [2.45, 2.75) is 26.3 Å². The highest BCUT2D eigenvalue weighted by Gasteiger charge is 2.27. The first-order valence-electron chi connectivity index (χ1n) is 7.90. The smallest absolute Gasteiger partial charge is 0.322 e. The minimum atomic E-state index is -0.0356. The quantitative estimate of drug-likeness (QED) is 0.930. The minimum absolute atomic E-state index is 0.0356. The zero-order chi connectivity index (χ0) is 16.1. The maximum Gasteiger partial charge on any atom is 0.322 e. The standard InChI is InChI=1S/C17H27N3O2/c1-13(2)11-16-12-22-10-9-20(16)17(21)18-14-5-7-15(8-6-14)19(3)4/h5-8,13,16H,9-12H2,1-4H3,(H,18,21). The molecule has 1 N–H and O–H groups in total. The summed E-state index contributed by atoms with van der Waals surface area (Å²) in [5, 5.41) is 2.99. The molecule has 5 nitrogen and oxygen atoms in total. The number of nitrogens with one attached hydrogen (secondary N) is 1. The van der Waals surface area contributed by atoms with Gasteiger partial charge in [-0.1, -0.05) is 13.8 Å². The number of carbonyl (C=O) groups excluding carboxylic acids is 1. The second-order valence-corrected chi connectivity index (χ2v) is 6.42. The average molecular weight is 305 g/mol. The Bertz CT molecular complexity index is 485. The van der Waals surface area contributed by atoms with Gasteiger partial charge >= 0.3 is 6.03 Å². The van der Waals surface area contributed by atoms with E-state index in [9.17, 15) is 4.79 Å². The molecule has 22 heavy (non-hydrogen) atoms. The maximum atomic E-state index is 12.5. The summed E-state index contributed by atoms with van der Waals surface area (Å²) < 4.78 is 5.53. The number of morpholine rings is 1. The van der Waals surface area contributed by atoms with Gasteiger partial charge in [-0.05, 0) is 36.6 Å². The van der Waals surface area contributed by atoms with Crippen molar-refractivity contribution in [3.05, 3.63) is 24.3 Å². The minimum Gasteiger partial charge on any atom is -0.378 e. The lowest BCUT2D eigenvalue weighted by Gasteiger charge is -2.36. The van der Waals surface area contributed by atoms with E-state index in [1.165, 1.54) is 0 Å². The van der Waals surface area contributed by atoms with Crippen molar-refractivity contribution in [3.63, 3.8) is 0 Å². The van der Waals surface area contributed by atoms with Crippen LogP contribution in [0.1, 0.15) is 20.3 Å². The summed E-state index contributed by atoms with van der Waals surface area (Å²) in [7, 11) is 4.00. The Morgan fingerprint density at radius 3 is 2.64 bits per heavy atom. The van der Waals surface area contributed by atoms with E-state index in [-0.39, 0.29) is 12.1 Å². The number of carbonyl (C=O) groups is 1. The Labute approximate surface area is 133 Å². The Balaban J connectivity index is 2.00.